The van der Waals surface area contributed by atoms with Crippen LogP contribution < -0.4 is 4.74 Å². The Morgan fingerprint density at radius 3 is 2.55 bits per heavy atom. The first-order valence-corrected chi connectivity index (χ1v) is 6.01. The van der Waals surface area contributed by atoms with E-state index in [4.69, 9.17) is 10.00 Å². The maximum Gasteiger partial charge on any atom is 0.169 e. The highest BCUT2D eigenvalue weighted by Gasteiger charge is 2.09. The second-order valence-electron chi connectivity index (χ2n) is 4.25. The summed E-state index contributed by atoms with van der Waals surface area (Å²) in [7, 11) is 0. The number of nitriles is 1. The Morgan fingerprint density at radius 1 is 1.05 bits per heavy atom. The van der Waals surface area contributed by atoms with Gasteiger partial charge in [0.05, 0.1) is 11.8 Å². The minimum atomic E-state index is 0.0245. The number of aromatic nitrogens is 1. The SMILES string of the molecule is N#Cc1ccncc1Oc1cc2ccccc2cc1O. The van der Waals surface area contributed by atoms with E-state index in [9.17, 15) is 5.11 Å². The summed E-state index contributed by atoms with van der Waals surface area (Å²) < 4.78 is 5.60. The Hall–Kier alpha value is -3.06. The normalized spacial score (nSPS) is 10.2. The van der Waals surface area contributed by atoms with Gasteiger partial charge in [0.25, 0.3) is 0 Å². The van der Waals surface area contributed by atoms with Gasteiger partial charge in [-0.2, -0.15) is 5.26 Å². The monoisotopic (exact) mass is 262 g/mol. The third-order valence-corrected chi connectivity index (χ3v) is 2.95. The summed E-state index contributed by atoms with van der Waals surface area (Å²) in [5.74, 6) is 0.644. The average molecular weight is 262 g/mol. The van der Waals surface area contributed by atoms with Gasteiger partial charge in [-0.25, -0.2) is 0 Å². The summed E-state index contributed by atoms with van der Waals surface area (Å²) in [4.78, 5) is 3.92. The number of pyridine rings is 1. The Bertz CT molecular complexity index is 822. The molecule has 3 aromatic rings. The molecule has 0 radical (unpaired) electrons. The predicted octanol–water partition coefficient (Wildman–Crippen LogP) is 3.60. The zero-order chi connectivity index (χ0) is 13.9. The van der Waals surface area contributed by atoms with Gasteiger partial charge in [0.1, 0.15) is 6.07 Å². The third kappa shape index (κ3) is 2.13. The third-order valence-electron chi connectivity index (χ3n) is 2.95. The fourth-order valence-electron chi connectivity index (χ4n) is 1.96. The summed E-state index contributed by atoms with van der Waals surface area (Å²) in [5, 5.41) is 20.9. The molecule has 4 heteroatoms. The molecule has 0 aliphatic rings. The Morgan fingerprint density at radius 2 is 1.80 bits per heavy atom. The van der Waals surface area contributed by atoms with Crippen LogP contribution in [0.4, 0.5) is 0 Å². The molecule has 0 saturated heterocycles. The number of hydrogen-bond donors (Lipinski definition) is 1. The van der Waals surface area contributed by atoms with Crippen LogP contribution in [-0.2, 0) is 0 Å². The number of aromatic hydroxyl groups is 1. The number of rotatable bonds is 2. The number of hydrogen-bond acceptors (Lipinski definition) is 4. The van der Waals surface area contributed by atoms with E-state index in [1.54, 1.807) is 18.2 Å². The van der Waals surface area contributed by atoms with Crippen molar-refractivity contribution in [1.82, 2.24) is 4.98 Å². The zero-order valence-corrected chi connectivity index (χ0v) is 10.4. The first-order valence-electron chi connectivity index (χ1n) is 6.01. The molecule has 20 heavy (non-hydrogen) atoms. The second-order valence-corrected chi connectivity index (χ2v) is 4.25. The maximum absolute atomic E-state index is 10.0. The molecule has 0 spiro atoms. The molecule has 0 atom stereocenters. The quantitative estimate of drug-likeness (QED) is 0.766. The maximum atomic E-state index is 10.0. The molecule has 1 heterocycles. The van der Waals surface area contributed by atoms with Gasteiger partial charge in [-0.3, -0.25) is 4.98 Å². The highest BCUT2D eigenvalue weighted by Crippen LogP contribution is 2.35. The lowest BCUT2D eigenvalue weighted by molar-refractivity contribution is 0.411. The van der Waals surface area contributed by atoms with E-state index in [0.29, 0.717) is 17.1 Å². The molecule has 0 amide bonds. The molecule has 0 bridgehead atoms. The van der Waals surface area contributed by atoms with Crippen molar-refractivity contribution in [2.75, 3.05) is 0 Å². The summed E-state index contributed by atoms with van der Waals surface area (Å²) in [6.45, 7) is 0. The topological polar surface area (TPSA) is 66.1 Å². The molecular weight excluding hydrogens is 252 g/mol. The molecule has 4 nitrogen and oxygen atoms in total. The van der Waals surface area contributed by atoms with Crippen LogP contribution in [0.5, 0.6) is 17.2 Å². The molecule has 0 aliphatic carbocycles. The fourth-order valence-corrected chi connectivity index (χ4v) is 1.96. The van der Waals surface area contributed by atoms with Crippen molar-refractivity contribution >= 4 is 10.8 Å². The van der Waals surface area contributed by atoms with E-state index in [2.05, 4.69) is 4.98 Å². The molecule has 0 aliphatic heterocycles. The van der Waals surface area contributed by atoms with Gasteiger partial charge < -0.3 is 9.84 Å². The largest absolute Gasteiger partial charge is 0.504 e. The van der Waals surface area contributed by atoms with Crippen molar-refractivity contribution in [3.8, 4) is 23.3 Å². The number of fused-ring (bicyclic) bond motifs is 1. The van der Waals surface area contributed by atoms with Gasteiger partial charge in [0, 0.05) is 6.20 Å². The molecule has 1 N–H and O–H groups in total. The van der Waals surface area contributed by atoms with Gasteiger partial charge in [0.15, 0.2) is 17.2 Å². The van der Waals surface area contributed by atoms with Crippen LogP contribution >= 0.6 is 0 Å². The summed E-state index contributed by atoms with van der Waals surface area (Å²) in [6.07, 6.45) is 2.97. The molecule has 1 aromatic heterocycles. The zero-order valence-electron chi connectivity index (χ0n) is 10.4. The first-order chi connectivity index (χ1) is 9.78. The minimum Gasteiger partial charge on any atom is -0.504 e. The average Bonchev–Trinajstić information content (AvgIpc) is 2.48. The highest BCUT2D eigenvalue weighted by atomic mass is 16.5. The van der Waals surface area contributed by atoms with Gasteiger partial charge in [-0.1, -0.05) is 24.3 Å². The Kier molecular flexibility index (Phi) is 2.94. The van der Waals surface area contributed by atoms with Gasteiger partial charge in [-0.05, 0) is 29.0 Å². The number of ether oxygens (including phenoxy) is 1. The standard InChI is InChI=1S/C16H10N2O2/c17-9-13-5-6-18-10-16(13)20-15-8-12-4-2-1-3-11(12)7-14(15)19/h1-8,10,19H. The summed E-state index contributed by atoms with van der Waals surface area (Å²) >= 11 is 0. The van der Waals surface area contributed by atoms with E-state index in [1.165, 1.54) is 12.4 Å². The number of nitrogens with zero attached hydrogens (tertiary/aromatic N) is 2. The van der Waals surface area contributed by atoms with E-state index in [1.807, 2.05) is 30.3 Å². The molecule has 0 unspecified atom stereocenters. The number of benzene rings is 2. The van der Waals surface area contributed by atoms with E-state index < -0.39 is 0 Å². The first kappa shape index (κ1) is 12.0. The lowest BCUT2D eigenvalue weighted by Crippen LogP contribution is -1.90. The van der Waals surface area contributed by atoms with E-state index in [0.717, 1.165) is 10.8 Å². The molecule has 96 valence electrons. The number of phenolic OH excluding ortho intramolecular Hbond substituents is 1. The van der Waals surface area contributed by atoms with Crippen LogP contribution in [0.1, 0.15) is 5.56 Å². The fraction of sp³-hybridized carbons (Fsp3) is 0. The minimum absolute atomic E-state index is 0.0245. The summed E-state index contributed by atoms with van der Waals surface area (Å²) in [6, 6.07) is 14.6. The van der Waals surface area contributed by atoms with Crippen LogP contribution in [0.2, 0.25) is 0 Å². The Balaban J connectivity index is 2.07. The van der Waals surface area contributed by atoms with Crippen molar-refractivity contribution < 1.29 is 9.84 Å². The van der Waals surface area contributed by atoms with Crippen molar-refractivity contribution in [1.29, 1.82) is 5.26 Å². The molecule has 2 aromatic carbocycles. The smallest absolute Gasteiger partial charge is 0.169 e. The van der Waals surface area contributed by atoms with Gasteiger partial charge in [-0.15, -0.1) is 0 Å². The predicted molar refractivity (Wildman–Crippen MR) is 74.6 cm³/mol. The van der Waals surface area contributed by atoms with Crippen LogP contribution in [-0.4, -0.2) is 10.1 Å². The van der Waals surface area contributed by atoms with E-state index >= 15 is 0 Å². The van der Waals surface area contributed by atoms with Crippen LogP contribution in [0, 0.1) is 11.3 Å². The van der Waals surface area contributed by atoms with Crippen LogP contribution in [0.3, 0.4) is 0 Å². The van der Waals surface area contributed by atoms with Gasteiger partial charge >= 0.3 is 0 Å². The van der Waals surface area contributed by atoms with E-state index in [-0.39, 0.29) is 5.75 Å². The molecule has 0 fully saturated rings. The van der Waals surface area contributed by atoms with Crippen LogP contribution in [0.25, 0.3) is 10.8 Å². The molecule has 0 saturated carbocycles. The molecular formula is C16H10N2O2. The van der Waals surface area contributed by atoms with Crippen molar-refractivity contribution in [3.05, 3.63) is 60.4 Å². The van der Waals surface area contributed by atoms with Crippen molar-refractivity contribution in [3.63, 3.8) is 0 Å². The number of phenols is 1. The second kappa shape index (κ2) is 4.90. The lowest BCUT2D eigenvalue weighted by atomic mass is 10.1. The Labute approximate surface area is 115 Å². The summed E-state index contributed by atoms with van der Waals surface area (Å²) in [5.41, 5.74) is 0.368. The van der Waals surface area contributed by atoms with Crippen molar-refractivity contribution in [2.24, 2.45) is 0 Å². The van der Waals surface area contributed by atoms with Gasteiger partial charge in [0.2, 0.25) is 0 Å². The van der Waals surface area contributed by atoms with Crippen LogP contribution in [0.15, 0.2) is 54.9 Å². The van der Waals surface area contributed by atoms with Crippen molar-refractivity contribution in [2.45, 2.75) is 0 Å². The highest BCUT2D eigenvalue weighted by molar-refractivity contribution is 5.86. The molecule has 3 rings (SSSR count). The lowest BCUT2D eigenvalue weighted by Gasteiger charge is -2.09.